The Kier molecular flexibility index (Phi) is 6.49. The average molecular weight is 470 g/mol. The SMILES string of the molecule is Cc1noc(-c2ccc(-c3ccc([C@@H]4C[C@@H]4C(=O)O)cc3)cc2)c1[C@H](O)COCc1ccccc1. The van der Waals surface area contributed by atoms with Crippen LogP contribution >= 0.6 is 0 Å². The molecule has 178 valence electrons. The van der Waals surface area contributed by atoms with Gasteiger partial charge in [0.05, 0.1) is 30.4 Å². The first kappa shape index (κ1) is 23.0. The maximum Gasteiger partial charge on any atom is 0.307 e. The number of aliphatic hydroxyl groups excluding tert-OH is 1. The number of carboxylic acids is 1. The van der Waals surface area contributed by atoms with Gasteiger partial charge in [-0.3, -0.25) is 4.79 Å². The lowest BCUT2D eigenvalue weighted by atomic mass is 9.98. The molecule has 4 aromatic rings. The third kappa shape index (κ3) is 5.04. The van der Waals surface area contributed by atoms with Crippen LogP contribution in [0.2, 0.25) is 0 Å². The summed E-state index contributed by atoms with van der Waals surface area (Å²) in [6.45, 7) is 2.37. The molecule has 0 radical (unpaired) electrons. The molecule has 6 heteroatoms. The molecule has 0 aliphatic heterocycles. The predicted molar refractivity (Wildman–Crippen MR) is 132 cm³/mol. The van der Waals surface area contributed by atoms with E-state index in [1.807, 2.05) is 85.8 Å². The molecule has 1 aliphatic carbocycles. The summed E-state index contributed by atoms with van der Waals surface area (Å²) in [4.78, 5) is 11.1. The first-order valence-corrected chi connectivity index (χ1v) is 11.7. The summed E-state index contributed by atoms with van der Waals surface area (Å²) in [5.74, 6) is -0.308. The molecule has 5 rings (SSSR count). The van der Waals surface area contributed by atoms with Crippen LogP contribution in [0.1, 0.15) is 40.8 Å². The number of nitrogens with zero attached hydrogens (tertiary/aromatic N) is 1. The van der Waals surface area contributed by atoms with E-state index in [0.717, 1.165) is 27.8 Å². The van der Waals surface area contributed by atoms with Gasteiger partial charge in [0.2, 0.25) is 0 Å². The minimum absolute atomic E-state index is 0.125. The van der Waals surface area contributed by atoms with Gasteiger partial charge in [0.1, 0.15) is 6.10 Å². The van der Waals surface area contributed by atoms with Gasteiger partial charge in [0, 0.05) is 5.56 Å². The molecule has 1 saturated carbocycles. The van der Waals surface area contributed by atoms with Crippen molar-refractivity contribution in [2.24, 2.45) is 5.92 Å². The van der Waals surface area contributed by atoms with Gasteiger partial charge in [-0.25, -0.2) is 0 Å². The summed E-state index contributed by atoms with van der Waals surface area (Å²) in [6.07, 6.45) is -0.143. The molecule has 0 amide bonds. The van der Waals surface area contributed by atoms with Crippen molar-refractivity contribution in [1.29, 1.82) is 0 Å². The Hall–Kier alpha value is -3.74. The van der Waals surface area contributed by atoms with Crippen LogP contribution in [0, 0.1) is 12.8 Å². The summed E-state index contributed by atoms with van der Waals surface area (Å²) in [6, 6.07) is 25.8. The van der Waals surface area contributed by atoms with Gasteiger partial charge in [-0.15, -0.1) is 0 Å². The minimum Gasteiger partial charge on any atom is -0.481 e. The maximum absolute atomic E-state index is 11.1. The highest BCUT2D eigenvalue weighted by atomic mass is 16.5. The molecule has 0 spiro atoms. The Morgan fingerprint density at radius 2 is 1.63 bits per heavy atom. The number of hydrogen-bond donors (Lipinski definition) is 2. The number of ether oxygens (including phenoxy) is 1. The number of benzene rings is 3. The molecule has 6 nitrogen and oxygen atoms in total. The molecule has 3 atom stereocenters. The van der Waals surface area contributed by atoms with E-state index >= 15 is 0 Å². The van der Waals surface area contributed by atoms with Gasteiger partial charge in [0.15, 0.2) is 5.76 Å². The lowest BCUT2D eigenvalue weighted by Crippen LogP contribution is -2.09. The molecule has 0 unspecified atom stereocenters. The Labute approximate surface area is 203 Å². The molecule has 1 fully saturated rings. The van der Waals surface area contributed by atoms with Crippen molar-refractivity contribution in [1.82, 2.24) is 5.16 Å². The molecule has 1 aliphatic rings. The lowest BCUT2D eigenvalue weighted by molar-refractivity contribution is -0.138. The highest BCUT2D eigenvalue weighted by Crippen LogP contribution is 2.47. The van der Waals surface area contributed by atoms with Crippen molar-refractivity contribution in [3.63, 3.8) is 0 Å². The summed E-state index contributed by atoms with van der Waals surface area (Å²) in [7, 11) is 0. The zero-order valence-electron chi connectivity index (χ0n) is 19.4. The zero-order valence-corrected chi connectivity index (χ0v) is 19.4. The quantitative estimate of drug-likeness (QED) is 0.324. The van der Waals surface area contributed by atoms with Crippen molar-refractivity contribution < 1.29 is 24.3 Å². The van der Waals surface area contributed by atoms with Crippen LogP contribution in [0.15, 0.2) is 83.4 Å². The molecule has 1 heterocycles. The highest BCUT2D eigenvalue weighted by molar-refractivity contribution is 5.75. The molecule has 1 aromatic heterocycles. The van der Waals surface area contributed by atoms with Crippen molar-refractivity contribution in [2.75, 3.05) is 6.61 Å². The van der Waals surface area contributed by atoms with Crippen LogP contribution < -0.4 is 0 Å². The minimum atomic E-state index is -0.857. The number of carboxylic acid groups (broad SMARTS) is 1. The topological polar surface area (TPSA) is 92.8 Å². The number of rotatable bonds is 9. The number of aromatic nitrogens is 1. The zero-order chi connectivity index (χ0) is 24.4. The second-order valence-electron chi connectivity index (χ2n) is 9.01. The lowest BCUT2D eigenvalue weighted by Gasteiger charge is -2.12. The summed E-state index contributed by atoms with van der Waals surface area (Å²) >= 11 is 0. The summed E-state index contributed by atoms with van der Waals surface area (Å²) in [5, 5.41) is 24.0. The summed E-state index contributed by atoms with van der Waals surface area (Å²) < 4.78 is 11.3. The predicted octanol–water partition coefficient (Wildman–Crippen LogP) is 5.76. The molecule has 2 N–H and O–H groups in total. The average Bonchev–Trinajstić information content (AvgIpc) is 3.60. The fourth-order valence-corrected chi connectivity index (χ4v) is 4.50. The molecular formula is C29H27NO5. The van der Waals surface area contributed by atoms with Gasteiger partial charge in [-0.05, 0) is 41.5 Å². The standard InChI is InChI=1S/C29H27NO5/c1-18-27(26(31)17-34-16-19-5-3-2-4-6-19)28(35-30-18)23-13-9-21(10-14-23)20-7-11-22(12-8-20)24-15-25(24)29(32)33/h2-14,24-26,31H,15-17H2,1H3,(H,32,33)/t24-,25-,26+/m0/s1. The first-order chi connectivity index (χ1) is 17.0. The maximum atomic E-state index is 11.1. The van der Waals surface area contributed by atoms with Crippen molar-refractivity contribution in [2.45, 2.75) is 32.0 Å². The van der Waals surface area contributed by atoms with E-state index in [1.165, 1.54) is 0 Å². The van der Waals surface area contributed by atoms with E-state index in [9.17, 15) is 9.90 Å². The van der Waals surface area contributed by atoms with Crippen LogP contribution in [0.4, 0.5) is 0 Å². The molecular weight excluding hydrogens is 442 g/mol. The van der Waals surface area contributed by atoms with Gasteiger partial charge < -0.3 is 19.5 Å². The van der Waals surface area contributed by atoms with Gasteiger partial charge in [-0.2, -0.15) is 0 Å². The second kappa shape index (κ2) is 9.86. The molecule has 35 heavy (non-hydrogen) atoms. The van der Waals surface area contributed by atoms with E-state index in [2.05, 4.69) is 5.16 Å². The number of carbonyl (C=O) groups is 1. The van der Waals surface area contributed by atoms with Crippen LogP contribution in [0.5, 0.6) is 0 Å². The van der Waals surface area contributed by atoms with E-state index in [1.54, 1.807) is 0 Å². The van der Waals surface area contributed by atoms with Crippen molar-refractivity contribution in [3.8, 4) is 22.5 Å². The van der Waals surface area contributed by atoms with Crippen LogP contribution in [0.3, 0.4) is 0 Å². The summed E-state index contributed by atoms with van der Waals surface area (Å²) in [5.41, 5.74) is 6.30. The van der Waals surface area contributed by atoms with Crippen LogP contribution in [-0.4, -0.2) is 27.9 Å². The first-order valence-electron chi connectivity index (χ1n) is 11.7. The second-order valence-corrected chi connectivity index (χ2v) is 9.01. The van der Waals surface area contributed by atoms with E-state index in [-0.39, 0.29) is 18.4 Å². The Bertz CT molecular complexity index is 1300. The fraction of sp³-hybridized carbons (Fsp3) is 0.241. The van der Waals surface area contributed by atoms with E-state index in [4.69, 9.17) is 14.4 Å². The molecule has 3 aromatic carbocycles. The fourth-order valence-electron chi connectivity index (χ4n) is 4.50. The molecule has 0 saturated heterocycles. The number of aliphatic hydroxyl groups is 1. The third-order valence-electron chi connectivity index (χ3n) is 6.56. The Morgan fingerprint density at radius 1 is 1.00 bits per heavy atom. The van der Waals surface area contributed by atoms with Gasteiger partial charge >= 0.3 is 5.97 Å². The van der Waals surface area contributed by atoms with Crippen molar-refractivity contribution >= 4 is 5.97 Å². The van der Waals surface area contributed by atoms with Crippen molar-refractivity contribution in [3.05, 3.63) is 101 Å². The Balaban J connectivity index is 1.27. The number of aliphatic carboxylic acids is 1. The van der Waals surface area contributed by atoms with Crippen LogP contribution in [-0.2, 0) is 16.1 Å². The third-order valence-corrected chi connectivity index (χ3v) is 6.56. The Morgan fingerprint density at radius 3 is 2.26 bits per heavy atom. The smallest absolute Gasteiger partial charge is 0.307 e. The highest BCUT2D eigenvalue weighted by Gasteiger charge is 2.44. The van der Waals surface area contributed by atoms with Gasteiger partial charge in [-0.1, -0.05) is 84.0 Å². The van der Waals surface area contributed by atoms with E-state index < -0.39 is 12.1 Å². The monoisotopic (exact) mass is 469 g/mol. The number of hydrogen-bond acceptors (Lipinski definition) is 5. The largest absolute Gasteiger partial charge is 0.481 e. The van der Waals surface area contributed by atoms with Gasteiger partial charge in [0.25, 0.3) is 0 Å². The van der Waals surface area contributed by atoms with Crippen LogP contribution in [0.25, 0.3) is 22.5 Å². The number of aryl methyl sites for hydroxylation is 1. The van der Waals surface area contributed by atoms with E-state index in [0.29, 0.717) is 30.0 Å². The molecule has 0 bridgehead atoms. The normalized spacial score (nSPS) is 17.8.